The van der Waals surface area contributed by atoms with E-state index in [4.69, 9.17) is 0 Å². The second-order valence-corrected chi connectivity index (χ2v) is 4.17. The first kappa shape index (κ1) is 8.66. The van der Waals surface area contributed by atoms with Crippen molar-refractivity contribution in [3.63, 3.8) is 0 Å². The number of benzene rings is 1. The summed E-state index contributed by atoms with van der Waals surface area (Å²) in [6.45, 7) is 6.22. The number of fused-ring (bicyclic) bond motifs is 3. The van der Waals surface area contributed by atoms with Gasteiger partial charge in [0.15, 0.2) is 0 Å². The predicted octanol–water partition coefficient (Wildman–Crippen LogP) is 3.55. The van der Waals surface area contributed by atoms with E-state index in [1.165, 1.54) is 22.3 Å². The molecule has 0 amide bonds. The molecule has 0 N–H and O–H groups in total. The van der Waals surface area contributed by atoms with E-state index in [-0.39, 0.29) is 0 Å². The molecule has 1 heteroatoms. The first-order valence-corrected chi connectivity index (χ1v) is 5.31. The molecule has 0 fully saturated rings. The predicted molar refractivity (Wildman–Crippen MR) is 64.0 cm³/mol. The summed E-state index contributed by atoms with van der Waals surface area (Å²) in [5.41, 5.74) is 6.47. The second-order valence-electron chi connectivity index (χ2n) is 4.17. The number of hydrogen-bond acceptors (Lipinski definition) is 1. The van der Waals surface area contributed by atoms with E-state index in [2.05, 4.69) is 42.8 Å². The maximum atomic E-state index is 4.33. The van der Waals surface area contributed by atoms with Crippen LogP contribution >= 0.6 is 0 Å². The summed E-state index contributed by atoms with van der Waals surface area (Å²) in [7, 11) is 0. The molecule has 1 aliphatic heterocycles. The summed E-state index contributed by atoms with van der Waals surface area (Å²) in [4.78, 5) is 4.33. The number of allylic oxidation sites excluding steroid dienone is 2. The lowest BCUT2D eigenvalue weighted by Gasteiger charge is -2.18. The van der Waals surface area contributed by atoms with Crippen LogP contribution < -0.4 is 0 Å². The Hall–Kier alpha value is -1.63. The Morgan fingerprint density at radius 3 is 3.00 bits per heavy atom. The normalized spacial score (nSPS) is 23.0. The third-order valence-electron chi connectivity index (χ3n) is 3.39. The minimum absolute atomic E-state index is 0.506. The third-order valence-corrected chi connectivity index (χ3v) is 3.39. The molecule has 2 aliphatic rings. The van der Waals surface area contributed by atoms with Gasteiger partial charge >= 0.3 is 0 Å². The van der Waals surface area contributed by atoms with E-state index in [9.17, 15) is 0 Å². The van der Waals surface area contributed by atoms with Crippen LogP contribution in [0.5, 0.6) is 0 Å². The van der Waals surface area contributed by atoms with Crippen molar-refractivity contribution in [2.75, 3.05) is 0 Å². The summed E-state index contributed by atoms with van der Waals surface area (Å²) >= 11 is 0. The van der Waals surface area contributed by atoms with Crippen molar-refractivity contribution in [1.29, 1.82) is 0 Å². The van der Waals surface area contributed by atoms with Gasteiger partial charge in [0.05, 0.1) is 5.70 Å². The molecule has 0 aromatic heterocycles. The Balaban J connectivity index is 2.26. The van der Waals surface area contributed by atoms with Crippen LogP contribution in [0.3, 0.4) is 0 Å². The minimum Gasteiger partial charge on any atom is -0.262 e. The van der Waals surface area contributed by atoms with E-state index in [1.54, 1.807) is 0 Å². The SMILES string of the molecule is C=C1N=CCC2C1=C(C)c1ccccc12. The van der Waals surface area contributed by atoms with Crippen molar-refractivity contribution in [1.82, 2.24) is 0 Å². The van der Waals surface area contributed by atoms with Gasteiger partial charge in [0.1, 0.15) is 0 Å². The van der Waals surface area contributed by atoms with Crippen molar-refractivity contribution < 1.29 is 0 Å². The molecule has 1 unspecified atom stereocenters. The fraction of sp³-hybridized carbons (Fsp3) is 0.214. The monoisotopic (exact) mass is 195 g/mol. The minimum atomic E-state index is 0.506. The number of rotatable bonds is 0. The Kier molecular flexibility index (Phi) is 1.69. The largest absolute Gasteiger partial charge is 0.262 e. The Bertz CT molecular complexity index is 506. The molecule has 1 aromatic carbocycles. The fourth-order valence-electron chi connectivity index (χ4n) is 2.70. The van der Waals surface area contributed by atoms with E-state index in [0.717, 1.165) is 12.1 Å². The summed E-state index contributed by atoms with van der Waals surface area (Å²) in [6.07, 6.45) is 3.01. The molecule has 1 atom stereocenters. The molecule has 0 radical (unpaired) electrons. The zero-order chi connectivity index (χ0) is 10.4. The Morgan fingerprint density at radius 1 is 1.33 bits per heavy atom. The van der Waals surface area contributed by atoms with Gasteiger partial charge in [-0.25, -0.2) is 0 Å². The van der Waals surface area contributed by atoms with E-state index < -0.39 is 0 Å². The molecule has 74 valence electrons. The lowest BCUT2D eigenvalue weighted by atomic mass is 9.90. The second kappa shape index (κ2) is 2.93. The van der Waals surface area contributed by atoms with Crippen LogP contribution in [0.25, 0.3) is 5.57 Å². The summed E-state index contributed by atoms with van der Waals surface area (Å²) in [5.74, 6) is 0.506. The lowest BCUT2D eigenvalue weighted by molar-refractivity contribution is 0.846. The van der Waals surface area contributed by atoms with Crippen molar-refractivity contribution in [3.05, 3.63) is 53.2 Å². The van der Waals surface area contributed by atoms with Gasteiger partial charge in [0.2, 0.25) is 0 Å². The standard InChI is InChI=1S/C14H13N/c1-9-11-5-3-4-6-12(11)13-7-8-15-10(2)14(9)13/h3-6,8,13H,2,7H2,1H3. The zero-order valence-corrected chi connectivity index (χ0v) is 8.83. The van der Waals surface area contributed by atoms with Gasteiger partial charge in [0.25, 0.3) is 0 Å². The maximum Gasteiger partial charge on any atom is 0.0595 e. The third kappa shape index (κ3) is 1.06. The fourth-order valence-corrected chi connectivity index (χ4v) is 2.70. The van der Waals surface area contributed by atoms with Crippen LogP contribution in [-0.2, 0) is 0 Å². The molecule has 0 saturated carbocycles. The van der Waals surface area contributed by atoms with Crippen LogP contribution in [0.4, 0.5) is 0 Å². The van der Waals surface area contributed by atoms with Crippen molar-refractivity contribution in [2.24, 2.45) is 4.99 Å². The average molecular weight is 195 g/mol. The highest BCUT2D eigenvalue weighted by molar-refractivity contribution is 5.84. The average Bonchev–Trinajstić information content (AvgIpc) is 2.55. The summed E-state index contributed by atoms with van der Waals surface area (Å²) in [5, 5.41) is 0. The van der Waals surface area contributed by atoms with Crippen LogP contribution in [0.2, 0.25) is 0 Å². The lowest BCUT2D eigenvalue weighted by Crippen LogP contribution is -2.05. The number of hydrogen-bond donors (Lipinski definition) is 0. The van der Waals surface area contributed by atoms with Gasteiger partial charge in [-0.1, -0.05) is 30.8 Å². The maximum absolute atomic E-state index is 4.33. The van der Waals surface area contributed by atoms with Gasteiger partial charge < -0.3 is 0 Å². The molecule has 3 rings (SSSR count). The summed E-state index contributed by atoms with van der Waals surface area (Å²) < 4.78 is 0. The van der Waals surface area contributed by atoms with Crippen molar-refractivity contribution in [3.8, 4) is 0 Å². The highest BCUT2D eigenvalue weighted by atomic mass is 14.8. The first-order chi connectivity index (χ1) is 7.29. The van der Waals surface area contributed by atoms with Gasteiger partial charge in [-0.15, -0.1) is 0 Å². The molecule has 1 aromatic rings. The molecule has 15 heavy (non-hydrogen) atoms. The zero-order valence-electron chi connectivity index (χ0n) is 8.83. The first-order valence-electron chi connectivity index (χ1n) is 5.31. The van der Waals surface area contributed by atoms with E-state index in [0.29, 0.717) is 5.92 Å². The molecular weight excluding hydrogens is 182 g/mol. The van der Waals surface area contributed by atoms with Crippen LogP contribution in [0, 0.1) is 0 Å². The van der Waals surface area contributed by atoms with Gasteiger partial charge in [-0.3, -0.25) is 4.99 Å². The Labute approximate surface area is 89.9 Å². The topological polar surface area (TPSA) is 12.4 Å². The molecule has 0 saturated heterocycles. The smallest absolute Gasteiger partial charge is 0.0595 e. The summed E-state index contributed by atoms with van der Waals surface area (Å²) in [6, 6.07) is 8.64. The van der Waals surface area contributed by atoms with E-state index in [1.807, 2.05) is 6.21 Å². The van der Waals surface area contributed by atoms with Crippen LogP contribution in [-0.4, -0.2) is 6.21 Å². The molecule has 1 aliphatic carbocycles. The van der Waals surface area contributed by atoms with Gasteiger partial charge in [0, 0.05) is 12.1 Å². The van der Waals surface area contributed by atoms with Gasteiger partial charge in [-0.05, 0) is 35.6 Å². The number of nitrogens with zero attached hydrogens (tertiary/aromatic N) is 1. The van der Waals surface area contributed by atoms with E-state index >= 15 is 0 Å². The molecule has 1 heterocycles. The van der Waals surface area contributed by atoms with Gasteiger partial charge in [-0.2, -0.15) is 0 Å². The quantitative estimate of drug-likeness (QED) is 0.600. The highest BCUT2D eigenvalue weighted by Gasteiger charge is 2.31. The molecule has 0 spiro atoms. The van der Waals surface area contributed by atoms with Crippen molar-refractivity contribution >= 4 is 11.8 Å². The van der Waals surface area contributed by atoms with Crippen LogP contribution in [0.15, 0.2) is 47.1 Å². The Morgan fingerprint density at radius 2 is 2.13 bits per heavy atom. The molecule has 0 bridgehead atoms. The van der Waals surface area contributed by atoms with Crippen LogP contribution in [0.1, 0.15) is 30.4 Å². The highest BCUT2D eigenvalue weighted by Crippen LogP contribution is 2.47. The molecule has 1 nitrogen and oxygen atoms in total. The number of aliphatic imine (C=N–C) groups is 1. The molecular formula is C14H13N. The van der Waals surface area contributed by atoms with Crippen molar-refractivity contribution in [2.45, 2.75) is 19.3 Å².